The number of rotatable bonds is 2. The van der Waals surface area contributed by atoms with Crippen LogP contribution in [-0.4, -0.2) is 12.1 Å². The molecule has 0 radical (unpaired) electrons. The van der Waals surface area contributed by atoms with Crippen LogP contribution in [0.3, 0.4) is 0 Å². The minimum absolute atomic E-state index is 0.257. The number of amides is 4. The predicted molar refractivity (Wildman–Crippen MR) is 88.7 cm³/mol. The lowest BCUT2D eigenvalue weighted by atomic mass is 10.2. The van der Waals surface area contributed by atoms with Gasteiger partial charge in [-0.2, -0.15) is 0 Å². The molecular weight excluding hydrogens is 370 g/mol. The second-order valence-corrected chi connectivity index (χ2v) is 6.06. The van der Waals surface area contributed by atoms with Crippen LogP contribution in [0.15, 0.2) is 36.4 Å². The Hall–Kier alpha value is -1.46. The summed E-state index contributed by atoms with van der Waals surface area (Å²) in [5, 5.41) is 1.19. The molecule has 1 aliphatic rings. The number of nitrogens with zero attached hydrogens (tertiary/aromatic N) is 2. The van der Waals surface area contributed by atoms with Gasteiger partial charge in [-0.1, -0.05) is 46.4 Å². The van der Waals surface area contributed by atoms with Crippen LogP contribution in [0.5, 0.6) is 0 Å². The molecule has 1 heterocycles. The van der Waals surface area contributed by atoms with Crippen molar-refractivity contribution in [2.24, 2.45) is 0 Å². The number of imide groups is 2. The van der Waals surface area contributed by atoms with Crippen LogP contribution in [0.1, 0.15) is 0 Å². The van der Waals surface area contributed by atoms with Gasteiger partial charge in [0.2, 0.25) is 0 Å². The molecule has 0 spiro atoms. The molecule has 4 nitrogen and oxygen atoms in total. The van der Waals surface area contributed by atoms with Gasteiger partial charge >= 0.3 is 12.1 Å². The van der Waals surface area contributed by atoms with E-state index in [0.717, 1.165) is 9.80 Å². The molecule has 0 atom stereocenters. The lowest BCUT2D eigenvalue weighted by Gasteiger charge is -2.38. The third-order valence-electron chi connectivity index (χ3n) is 3.09. The molecule has 0 bridgehead atoms. The fourth-order valence-electron chi connectivity index (χ4n) is 2.01. The van der Waals surface area contributed by atoms with Gasteiger partial charge in [-0.3, -0.25) is 0 Å². The van der Waals surface area contributed by atoms with E-state index in [0.29, 0.717) is 21.4 Å². The molecule has 0 unspecified atom stereocenters. The number of hydrogen-bond donors (Lipinski definition) is 0. The summed E-state index contributed by atoms with van der Waals surface area (Å²) in [5.74, 6) is 0. The Morgan fingerprint density at radius 2 is 0.955 bits per heavy atom. The van der Waals surface area contributed by atoms with Gasteiger partial charge in [0.1, 0.15) is 0 Å². The first-order chi connectivity index (χ1) is 10.4. The molecule has 4 amide bonds. The molecule has 1 aliphatic heterocycles. The summed E-state index contributed by atoms with van der Waals surface area (Å²) in [6.07, 6.45) is 0. The number of carbonyl (C=O) groups is 2. The monoisotopic (exact) mass is 374 g/mol. The Kier molecular flexibility index (Phi) is 3.95. The third-order valence-corrected chi connectivity index (χ3v) is 4.57. The Bertz CT molecular complexity index is 730. The van der Waals surface area contributed by atoms with E-state index in [2.05, 4.69) is 0 Å². The summed E-state index contributed by atoms with van der Waals surface area (Å²) in [4.78, 5) is 26.5. The minimum Gasteiger partial charge on any atom is -0.246 e. The van der Waals surface area contributed by atoms with Crippen LogP contribution in [0.4, 0.5) is 21.0 Å². The molecule has 2 aromatic carbocycles. The van der Waals surface area contributed by atoms with Crippen LogP contribution in [0.2, 0.25) is 20.1 Å². The average Bonchev–Trinajstić information content (AvgIpc) is 2.47. The number of anilines is 2. The summed E-state index contributed by atoms with van der Waals surface area (Å²) in [5.41, 5.74) is 0.696. The Morgan fingerprint density at radius 3 is 1.27 bits per heavy atom. The van der Waals surface area contributed by atoms with Gasteiger partial charge in [0.05, 0.1) is 31.5 Å². The number of halogens is 4. The molecule has 0 N–H and O–H groups in total. The maximum Gasteiger partial charge on any atom is 0.345 e. The van der Waals surface area contributed by atoms with Crippen LogP contribution in [0.25, 0.3) is 0 Å². The molecule has 22 heavy (non-hydrogen) atoms. The molecule has 2 aromatic rings. The molecular formula is C14H6Cl4N2O2. The molecule has 0 saturated carbocycles. The summed E-state index contributed by atoms with van der Waals surface area (Å²) in [7, 11) is 0. The van der Waals surface area contributed by atoms with Crippen molar-refractivity contribution in [2.45, 2.75) is 0 Å². The van der Waals surface area contributed by atoms with E-state index in [-0.39, 0.29) is 10.0 Å². The SMILES string of the molecule is O=C1N(c2ccc(Cl)c(Cl)c2)C(=O)N1c1ccc(Cl)c(Cl)c1. The van der Waals surface area contributed by atoms with Crippen molar-refractivity contribution >= 4 is 69.8 Å². The van der Waals surface area contributed by atoms with Gasteiger partial charge in [0.25, 0.3) is 0 Å². The van der Waals surface area contributed by atoms with Gasteiger partial charge < -0.3 is 0 Å². The molecule has 0 aromatic heterocycles. The van der Waals surface area contributed by atoms with E-state index in [1.165, 1.54) is 36.4 Å². The lowest BCUT2D eigenvalue weighted by molar-refractivity contribution is 0.226. The number of urea groups is 2. The highest BCUT2D eigenvalue weighted by Gasteiger charge is 2.46. The van der Waals surface area contributed by atoms with Crippen molar-refractivity contribution in [1.82, 2.24) is 0 Å². The normalized spacial score (nSPS) is 14.4. The predicted octanol–water partition coefficient (Wildman–Crippen LogP) is 5.87. The molecule has 3 rings (SSSR count). The summed E-state index contributed by atoms with van der Waals surface area (Å²) in [6.45, 7) is 0. The molecule has 1 fully saturated rings. The van der Waals surface area contributed by atoms with Crippen molar-refractivity contribution in [1.29, 1.82) is 0 Å². The summed E-state index contributed by atoms with van der Waals surface area (Å²) >= 11 is 23.4. The van der Waals surface area contributed by atoms with Gasteiger partial charge in [0, 0.05) is 0 Å². The number of benzene rings is 2. The first kappa shape index (κ1) is 15.4. The zero-order valence-corrected chi connectivity index (χ0v) is 13.7. The molecule has 1 saturated heterocycles. The summed E-state index contributed by atoms with van der Waals surface area (Å²) in [6, 6.07) is 7.98. The Balaban J connectivity index is 1.91. The second kappa shape index (κ2) is 5.63. The van der Waals surface area contributed by atoms with Crippen LogP contribution < -0.4 is 9.80 Å². The van der Waals surface area contributed by atoms with Crippen LogP contribution in [-0.2, 0) is 0 Å². The molecule has 112 valence electrons. The largest absolute Gasteiger partial charge is 0.345 e. The smallest absolute Gasteiger partial charge is 0.246 e. The van der Waals surface area contributed by atoms with Gasteiger partial charge in [-0.15, -0.1) is 0 Å². The maximum absolute atomic E-state index is 12.2. The number of carbonyl (C=O) groups excluding carboxylic acids is 2. The van der Waals surface area contributed by atoms with Crippen molar-refractivity contribution in [3.05, 3.63) is 56.5 Å². The van der Waals surface area contributed by atoms with Crippen LogP contribution in [0, 0.1) is 0 Å². The van der Waals surface area contributed by atoms with Gasteiger partial charge in [-0.05, 0) is 36.4 Å². The van der Waals surface area contributed by atoms with E-state index < -0.39 is 12.1 Å². The highest BCUT2D eigenvalue weighted by Crippen LogP contribution is 2.35. The Labute approximate surface area is 145 Å². The van der Waals surface area contributed by atoms with E-state index >= 15 is 0 Å². The van der Waals surface area contributed by atoms with Gasteiger partial charge in [-0.25, -0.2) is 19.4 Å². The van der Waals surface area contributed by atoms with E-state index in [1.807, 2.05) is 0 Å². The first-order valence-corrected chi connectivity index (χ1v) is 7.49. The van der Waals surface area contributed by atoms with Crippen LogP contribution >= 0.6 is 46.4 Å². The standard InChI is InChI=1S/C14H6Cl4N2O2/c15-9-3-1-7(5-11(9)17)19-13(21)20(14(19)22)8-2-4-10(16)12(18)6-8/h1-6H. The zero-order valence-electron chi connectivity index (χ0n) is 10.7. The topological polar surface area (TPSA) is 40.6 Å². The zero-order chi connectivity index (χ0) is 16.0. The maximum atomic E-state index is 12.2. The summed E-state index contributed by atoms with van der Waals surface area (Å²) < 4.78 is 0. The Morgan fingerprint density at radius 1 is 0.591 bits per heavy atom. The quantitative estimate of drug-likeness (QED) is 0.658. The van der Waals surface area contributed by atoms with E-state index in [4.69, 9.17) is 46.4 Å². The molecule has 8 heteroatoms. The van der Waals surface area contributed by atoms with E-state index in [9.17, 15) is 9.59 Å². The highest BCUT2D eigenvalue weighted by atomic mass is 35.5. The molecule has 0 aliphatic carbocycles. The van der Waals surface area contributed by atoms with Gasteiger partial charge in [0.15, 0.2) is 0 Å². The van der Waals surface area contributed by atoms with Crippen molar-refractivity contribution < 1.29 is 9.59 Å². The van der Waals surface area contributed by atoms with E-state index in [1.54, 1.807) is 0 Å². The van der Waals surface area contributed by atoms with Crippen molar-refractivity contribution in [2.75, 3.05) is 9.80 Å². The lowest BCUT2D eigenvalue weighted by Crippen LogP contribution is -2.64. The minimum atomic E-state index is -0.512. The third kappa shape index (κ3) is 2.42. The highest BCUT2D eigenvalue weighted by molar-refractivity contribution is 6.45. The van der Waals surface area contributed by atoms with Crippen molar-refractivity contribution in [3.8, 4) is 0 Å². The second-order valence-electron chi connectivity index (χ2n) is 4.43. The fraction of sp³-hybridized carbons (Fsp3) is 0. The fourth-order valence-corrected chi connectivity index (χ4v) is 2.59. The van der Waals surface area contributed by atoms with Crippen molar-refractivity contribution in [3.63, 3.8) is 0 Å². The average molecular weight is 376 g/mol. The first-order valence-electron chi connectivity index (χ1n) is 5.98. The number of hydrogen-bond acceptors (Lipinski definition) is 2.